The van der Waals surface area contributed by atoms with Gasteiger partial charge in [-0.25, -0.2) is 9.78 Å². The third-order valence-electron chi connectivity index (χ3n) is 4.42. The molecule has 3 rings (SSSR count). The van der Waals surface area contributed by atoms with Crippen LogP contribution in [-0.4, -0.2) is 46.4 Å². The fourth-order valence-electron chi connectivity index (χ4n) is 3.18. The van der Waals surface area contributed by atoms with Crippen molar-refractivity contribution in [1.29, 1.82) is 0 Å². The summed E-state index contributed by atoms with van der Waals surface area (Å²) in [4.78, 5) is 24.6. The van der Waals surface area contributed by atoms with Crippen LogP contribution in [0, 0.1) is 0 Å². The molecule has 0 atom stereocenters. The van der Waals surface area contributed by atoms with Crippen LogP contribution < -0.4 is 16.2 Å². The van der Waals surface area contributed by atoms with Gasteiger partial charge in [-0.05, 0) is 44.5 Å². The number of carbonyl (C=O) groups is 1. The second-order valence-electron chi connectivity index (χ2n) is 6.59. The lowest BCUT2D eigenvalue weighted by atomic mass is 10.1. The highest BCUT2D eigenvalue weighted by atomic mass is 35.5. The first-order valence-corrected chi connectivity index (χ1v) is 9.06. The SMILES string of the molecule is Cl.Cl.Cl.NC(=O)/N=C(/N)CCCOc1ccc2nc(CN3CCCCC3)[nH]c2c1. The van der Waals surface area contributed by atoms with E-state index in [2.05, 4.69) is 19.9 Å². The zero-order chi connectivity index (χ0) is 18.4. The fraction of sp³-hybridized carbons (Fsp3) is 0.500. The van der Waals surface area contributed by atoms with Gasteiger partial charge in [0, 0.05) is 12.5 Å². The molecule has 5 N–H and O–H groups in total. The molecule has 29 heavy (non-hydrogen) atoms. The molecule has 11 heteroatoms. The van der Waals surface area contributed by atoms with E-state index in [4.69, 9.17) is 16.2 Å². The van der Waals surface area contributed by atoms with Gasteiger partial charge in [0.05, 0.1) is 24.2 Å². The summed E-state index contributed by atoms with van der Waals surface area (Å²) in [7, 11) is 0. The van der Waals surface area contributed by atoms with E-state index in [1.807, 2.05) is 18.2 Å². The maximum atomic E-state index is 10.6. The van der Waals surface area contributed by atoms with Gasteiger partial charge in [-0.2, -0.15) is 4.99 Å². The molecule has 1 aliphatic rings. The van der Waals surface area contributed by atoms with Gasteiger partial charge in [0.25, 0.3) is 0 Å². The van der Waals surface area contributed by atoms with Crippen LogP contribution >= 0.6 is 37.2 Å². The van der Waals surface area contributed by atoms with Crippen LogP contribution in [0.5, 0.6) is 5.75 Å². The molecule has 2 amide bonds. The first-order chi connectivity index (χ1) is 12.6. The predicted octanol–water partition coefficient (Wildman–Crippen LogP) is 3.41. The second-order valence-corrected chi connectivity index (χ2v) is 6.59. The van der Waals surface area contributed by atoms with Crippen molar-refractivity contribution in [2.24, 2.45) is 16.5 Å². The van der Waals surface area contributed by atoms with Crippen molar-refractivity contribution in [2.75, 3.05) is 19.7 Å². The summed E-state index contributed by atoms with van der Waals surface area (Å²) < 4.78 is 5.74. The summed E-state index contributed by atoms with van der Waals surface area (Å²) in [6.07, 6.45) is 5.00. The number of likely N-dealkylation sites (tertiary alicyclic amines) is 1. The summed E-state index contributed by atoms with van der Waals surface area (Å²) in [6, 6.07) is 5.06. The number of amides is 2. The molecular weight excluding hydrogens is 439 g/mol. The molecule has 0 unspecified atom stereocenters. The van der Waals surface area contributed by atoms with Crippen molar-refractivity contribution >= 4 is 60.1 Å². The summed E-state index contributed by atoms with van der Waals surface area (Å²) in [5.74, 6) is 2.00. The Labute approximate surface area is 189 Å². The van der Waals surface area contributed by atoms with Crippen LogP contribution in [0.15, 0.2) is 23.2 Å². The molecule has 1 aliphatic heterocycles. The van der Waals surface area contributed by atoms with Gasteiger partial charge in [-0.15, -0.1) is 37.2 Å². The number of ether oxygens (including phenoxy) is 1. The van der Waals surface area contributed by atoms with Gasteiger partial charge < -0.3 is 21.2 Å². The Kier molecular flexibility index (Phi) is 12.7. The molecule has 1 fully saturated rings. The molecule has 0 bridgehead atoms. The molecule has 2 heterocycles. The predicted molar refractivity (Wildman–Crippen MR) is 123 cm³/mol. The molecule has 1 aromatic heterocycles. The minimum Gasteiger partial charge on any atom is -0.494 e. The zero-order valence-corrected chi connectivity index (χ0v) is 18.6. The molecule has 0 spiro atoms. The minimum absolute atomic E-state index is 0. The lowest BCUT2D eigenvalue weighted by Crippen LogP contribution is -2.29. The molecule has 1 aromatic carbocycles. The lowest BCUT2D eigenvalue weighted by molar-refractivity contribution is 0.216. The fourth-order valence-corrected chi connectivity index (χ4v) is 3.18. The molecule has 0 saturated carbocycles. The number of carbonyl (C=O) groups excluding carboxylic acids is 1. The van der Waals surface area contributed by atoms with Crippen molar-refractivity contribution in [1.82, 2.24) is 14.9 Å². The number of hydrogen-bond donors (Lipinski definition) is 3. The Morgan fingerprint density at radius 1 is 1.17 bits per heavy atom. The maximum Gasteiger partial charge on any atom is 0.339 e. The van der Waals surface area contributed by atoms with Crippen molar-refractivity contribution in [2.45, 2.75) is 38.6 Å². The Morgan fingerprint density at radius 2 is 1.90 bits per heavy atom. The average molecular weight is 468 g/mol. The van der Waals surface area contributed by atoms with Crippen LogP contribution in [0.2, 0.25) is 0 Å². The number of fused-ring (bicyclic) bond motifs is 1. The van der Waals surface area contributed by atoms with E-state index >= 15 is 0 Å². The molecule has 2 aromatic rings. The third kappa shape index (κ3) is 8.65. The molecule has 1 saturated heterocycles. The number of amidine groups is 1. The quantitative estimate of drug-likeness (QED) is 0.327. The van der Waals surface area contributed by atoms with Crippen LogP contribution in [0.1, 0.15) is 37.9 Å². The average Bonchev–Trinajstić information content (AvgIpc) is 3.00. The number of nitrogens with two attached hydrogens (primary N) is 2. The number of hydrogen-bond acceptors (Lipinski definition) is 4. The number of rotatable bonds is 7. The van der Waals surface area contributed by atoms with E-state index in [-0.39, 0.29) is 43.1 Å². The number of aromatic amines is 1. The van der Waals surface area contributed by atoms with Gasteiger partial charge in [0.2, 0.25) is 0 Å². The number of halogens is 3. The largest absolute Gasteiger partial charge is 0.494 e. The summed E-state index contributed by atoms with van der Waals surface area (Å²) in [6.45, 7) is 3.64. The van der Waals surface area contributed by atoms with E-state index in [0.717, 1.165) is 42.2 Å². The van der Waals surface area contributed by atoms with Crippen LogP contribution in [0.4, 0.5) is 4.79 Å². The van der Waals surface area contributed by atoms with Gasteiger partial charge in [0.1, 0.15) is 17.4 Å². The molecule has 164 valence electrons. The number of H-pyrrole nitrogens is 1. The number of piperidine rings is 1. The van der Waals surface area contributed by atoms with Gasteiger partial charge in [-0.1, -0.05) is 6.42 Å². The molecule has 8 nitrogen and oxygen atoms in total. The van der Waals surface area contributed by atoms with E-state index in [9.17, 15) is 4.79 Å². The number of aliphatic imine (C=N–C) groups is 1. The highest BCUT2D eigenvalue weighted by molar-refractivity contribution is 5.92. The van der Waals surface area contributed by atoms with Crippen LogP contribution in [0.25, 0.3) is 11.0 Å². The maximum absolute atomic E-state index is 10.6. The first-order valence-electron chi connectivity index (χ1n) is 9.06. The minimum atomic E-state index is -0.770. The van der Waals surface area contributed by atoms with Crippen molar-refractivity contribution < 1.29 is 9.53 Å². The first kappa shape index (κ1) is 27.3. The monoisotopic (exact) mass is 466 g/mol. The smallest absolute Gasteiger partial charge is 0.339 e. The Bertz CT molecular complexity index is 793. The van der Waals surface area contributed by atoms with Gasteiger partial charge >= 0.3 is 6.03 Å². The van der Waals surface area contributed by atoms with Gasteiger partial charge in [0.15, 0.2) is 0 Å². The Morgan fingerprint density at radius 3 is 2.59 bits per heavy atom. The van der Waals surface area contributed by atoms with Crippen molar-refractivity contribution in [3.8, 4) is 5.75 Å². The normalized spacial score (nSPS) is 14.4. The van der Waals surface area contributed by atoms with Crippen molar-refractivity contribution in [3.63, 3.8) is 0 Å². The number of benzene rings is 1. The summed E-state index contributed by atoms with van der Waals surface area (Å²) >= 11 is 0. The molecule has 0 radical (unpaired) electrons. The number of primary amides is 1. The van der Waals surface area contributed by atoms with Gasteiger partial charge in [-0.3, -0.25) is 4.90 Å². The second kappa shape index (κ2) is 13.5. The number of nitrogens with zero attached hydrogens (tertiary/aromatic N) is 3. The highest BCUT2D eigenvalue weighted by Crippen LogP contribution is 2.20. The zero-order valence-electron chi connectivity index (χ0n) is 16.1. The van der Waals surface area contributed by atoms with E-state index < -0.39 is 6.03 Å². The van der Waals surface area contributed by atoms with E-state index in [1.54, 1.807) is 0 Å². The van der Waals surface area contributed by atoms with Crippen LogP contribution in [0.3, 0.4) is 0 Å². The summed E-state index contributed by atoms with van der Waals surface area (Å²) in [5.41, 5.74) is 12.5. The van der Waals surface area contributed by atoms with Crippen molar-refractivity contribution in [3.05, 3.63) is 24.0 Å². The number of urea groups is 1. The Balaban J connectivity index is 0.00000261. The standard InChI is InChI=1S/C18H26N6O2.3ClH/c19-16(23-18(20)25)5-4-10-26-13-6-7-14-15(11-13)22-17(21-14)12-24-8-2-1-3-9-24;;;/h6-7,11H,1-5,8-10,12H2,(H,21,22)(H4,19,20,23,25);3*1H. The Hall–Kier alpha value is -1.74. The van der Waals surface area contributed by atoms with Crippen LogP contribution in [-0.2, 0) is 6.54 Å². The van der Waals surface area contributed by atoms with E-state index in [0.29, 0.717) is 19.4 Å². The molecular formula is C18H29Cl3N6O2. The highest BCUT2D eigenvalue weighted by Gasteiger charge is 2.13. The lowest BCUT2D eigenvalue weighted by Gasteiger charge is -2.25. The molecule has 0 aliphatic carbocycles. The topological polar surface area (TPSA) is 123 Å². The third-order valence-corrected chi connectivity index (χ3v) is 4.42. The van der Waals surface area contributed by atoms with E-state index in [1.165, 1.54) is 19.3 Å². The number of imidazole rings is 1. The number of nitrogens with one attached hydrogen (secondary N) is 1. The number of aromatic nitrogens is 2. The summed E-state index contributed by atoms with van der Waals surface area (Å²) in [5, 5.41) is 0.